The van der Waals surface area contributed by atoms with E-state index in [2.05, 4.69) is 10.6 Å². The summed E-state index contributed by atoms with van der Waals surface area (Å²) in [6, 6.07) is 6.25. The Morgan fingerprint density at radius 1 is 1.35 bits per heavy atom. The molecule has 3 N–H and O–H groups in total. The van der Waals surface area contributed by atoms with Crippen LogP contribution in [0.25, 0.3) is 0 Å². The summed E-state index contributed by atoms with van der Waals surface area (Å²) in [5.41, 5.74) is 0.386. The molecule has 0 aromatic heterocycles. The van der Waals surface area contributed by atoms with Gasteiger partial charge in [0.25, 0.3) is 5.69 Å². The number of nitrogens with one attached hydrogen (secondary N) is 2. The quantitative estimate of drug-likeness (QED) is 0.371. The fourth-order valence-electron chi connectivity index (χ4n) is 1.24. The zero-order valence-electron chi connectivity index (χ0n) is 9.05. The number of carbonyl (C=O) groups excluding carboxylic acids is 1. The lowest BCUT2D eigenvalue weighted by Gasteiger charge is -2.07. The molecule has 0 aliphatic rings. The molecule has 0 saturated carbocycles. The van der Waals surface area contributed by atoms with Gasteiger partial charge in [0.05, 0.1) is 4.92 Å². The number of aliphatic hydroxyl groups excluding tert-OH is 1. The van der Waals surface area contributed by atoms with Gasteiger partial charge in [0.2, 0.25) is 5.91 Å². The predicted octanol–water partition coefficient (Wildman–Crippen LogP) is 0.115. The first-order chi connectivity index (χ1) is 8.15. The fourth-order valence-corrected chi connectivity index (χ4v) is 1.24. The van der Waals surface area contributed by atoms with Crippen LogP contribution in [0, 0.1) is 10.1 Å². The number of benzene rings is 1. The van der Waals surface area contributed by atoms with Crippen molar-refractivity contribution in [2.45, 2.75) is 0 Å². The minimum absolute atomic E-state index is 0.0130. The van der Waals surface area contributed by atoms with E-state index in [0.717, 1.165) is 0 Å². The molecule has 1 aromatic rings. The molecule has 0 spiro atoms. The zero-order valence-corrected chi connectivity index (χ0v) is 9.05. The summed E-state index contributed by atoms with van der Waals surface area (Å²) in [7, 11) is 0. The lowest BCUT2D eigenvalue weighted by atomic mass is 10.2. The molecular weight excluding hydrogens is 226 g/mol. The molecule has 7 nitrogen and oxygen atoms in total. The number of nitro benzene ring substituents is 1. The van der Waals surface area contributed by atoms with Crippen LogP contribution < -0.4 is 10.6 Å². The van der Waals surface area contributed by atoms with Gasteiger partial charge >= 0.3 is 0 Å². The topological polar surface area (TPSA) is 104 Å². The van der Waals surface area contributed by atoms with E-state index < -0.39 is 17.4 Å². The number of rotatable bonds is 6. The van der Waals surface area contributed by atoms with Crippen LogP contribution >= 0.6 is 0 Å². The highest BCUT2D eigenvalue weighted by molar-refractivity contribution is 5.76. The first-order valence-electron chi connectivity index (χ1n) is 5.00. The SMILES string of the molecule is O=C(CO)NCCNc1ccccc1[N+](=O)[O-]. The van der Waals surface area contributed by atoms with Gasteiger partial charge in [-0.05, 0) is 6.07 Å². The summed E-state index contributed by atoms with van der Waals surface area (Å²) in [5.74, 6) is -0.477. The van der Waals surface area contributed by atoms with Gasteiger partial charge in [-0.3, -0.25) is 14.9 Å². The second kappa shape index (κ2) is 6.44. The maximum absolute atomic E-state index is 10.7. The molecule has 0 aliphatic heterocycles. The molecule has 0 unspecified atom stereocenters. The maximum atomic E-state index is 10.7. The highest BCUT2D eigenvalue weighted by atomic mass is 16.6. The van der Waals surface area contributed by atoms with E-state index in [1.165, 1.54) is 6.07 Å². The van der Waals surface area contributed by atoms with Crippen LogP contribution in [0.3, 0.4) is 0 Å². The van der Waals surface area contributed by atoms with Crippen LogP contribution in [0.4, 0.5) is 11.4 Å². The van der Waals surface area contributed by atoms with E-state index in [0.29, 0.717) is 12.2 Å². The summed E-state index contributed by atoms with van der Waals surface area (Å²) in [5, 5.41) is 24.4. The zero-order chi connectivity index (χ0) is 12.7. The molecule has 0 heterocycles. The van der Waals surface area contributed by atoms with Crippen LogP contribution in [0.15, 0.2) is 24.3 Å². The van der Waals surface area contributed by atoms with Crippen molar-refractivity contribution in [1.29, 1.82) is 0 Å². The van der Waals surface area contributed by atoms with E-state index in [4.69, 9.17) is 5.11 Å². The monoisotopic (exact) mass is 239 g/mol. The Kier molecular flexibility index (Phi) is 4.89. The number of nitro groups is 1. The highest BCUT2D eigenvalue weighted by Crippen LogP contribution is 2.22. The minimum atomic E-state index is -0.564. The number of hydrogen-bond acceptors (Lipinski definition) is 5. The summed E-state index contributed by atoms with van der Waals surface area (Å²) in [6.07, 6.45) is 0. The van der Waals surface area contributed by atoms with Crippen molar-refractivity contribution < 1.29 is 14.8 Å². The lowest BCUT2D eigenvalue weighted by Crippen LogP contribution is -2.30. The third-order valence-electron chi connectivity index (χ3n) is 2.01. The van der Waals surface area contributed by atoms with Crippen molar-refractivity contribution in [3.05, 3.63) is 34.4 Å². The molecule has 1 rings (SSSR count). The van der Waals surface area contributed by atoms with Crippen LogP contribution in [0.2, 0.25) is 0 Å². The number of para-hydroxylation sites is 2. The molecule has 0 aliphatic carbocycles. The average Bonchev–Trinajstić information content (AvgIpc) is 2.34. The summed E-state index contributed by atoms with van der Waals surface area (Å²) in [4.78, 5) is 20.9. The van der Waals surface area contributed by atoms with Crippen molar-refractivity contribution >= 4 is 17.3 Å². The molecule has 0 fully saturated rings. The van der Waals surface area contributed by atoms with Crippen molar-refractivity contribution in [2.75, 3.05) is 25.0 Å². The molecule has 0 atom stereocenters. The summed E-state index contributed by atoms with van der Waals surface area (Å²) < 4.78 is 0. The van der Waals surface area contributed by atoms with Crippen molar-refractivity contribution in [2.24, 2.45) is 0 Å². The molecule has 1 amide bonds. The van der Waals surface area contributed by atoms with Crippen molar-refractivity contribution in [3.8, 4) is 0 Å². The Balaban J connectivity index is 2.46. The first-order valence-corrected chi connectivity index (χ1v) is 5.00. The minimum Gasteiger partial charge on any atom is -0.387 e. The molecule has 17 heavy (non-hydrogen) atoms. The molecular formula is C10H13N3O4. The van der Waals surface area contributed by atoms with Crippen LogP contribution in [-0.4, -0.2) is 35.6 Å². The number of hydrogen-bond donors (Lipinski definition) is 3. The Bertz CT molecular complexity index is 408. The molecule has 7 heteroatoms. The highest BCUT2D eigenvalue weighted by Gasteiger charge is 2.11. The predicted molar refractivity (Wildman–Crippen MR) is 61.7 cm³/mol. The van der Waals surface area contributed by atoms with Gasteiger partial charge in [-0.1, -0.05) is 12.1 Å². The fraction of sp³-hybridized carbons (Fsp3) is 0.300. The lowest BCUT2D eigenvalue weighted by molar-refractivity contribution is -0.384. The van der Waals surface area contributed by atoms with Gasteiger partial charge in [0.1, 0.15) is 12.3 Å². The Morgan fingerprint density at radius 3 is 2.71 bits per heavy atom. The summed E-state index contributed by atoms with van der Waals surface area (Å²) in [6.45, 7) is 0.0630. The largest absolute Gasteiger partial charge is 0.387 e. The van der Waals surface area contributed by atoms with E-state index in [9.17, 15) is 14.9 Å². The maximum Gasteiger partial charge on any atom is 0.292 e. The Morgan fingerprint density at radius 2 is 2.06 bits per heavy atom. The smallest absolute Gasteiger partial charge is 0.292 e. The van der Waals surface area contributed by atoms with Crippen molar-refractivity contribution in [1.82, 2.24) is 5.32 Å². The first kappa shape index (κ1) is 12.9. The van der Waals surface area contributed by atoms with Gasteiger partial charge in [0, 0.05) is 19.2 Å². The Hall–Kier alpha value is -2.15. The molecule has 0 radical (unpaired) electrons. The van der Waals surface area contributed by atoms with Gasteiger partial charge < -0.3 is 15.7 Å². The van der Waals surface area contributed by atoms with Crippen LogP contribution in [-0.2, 0) is 4.79 Å². The molecule has 0 bridgehead atoms. The van der Waals surface area contributed by atoms with E-state index >= 15 is 0 Å². The molecule has 1 aromatic carbocycles. The third-order valence-corrected chi connectivity index (χ3v) is 2.01. The Labute approximate surface area is 97.6 Å². The van der Waals surface area contributed by atoms with Gasteiger partial charge in [-0.15, -0.1) is 0 Å². The average molecular weight is 239 g/mol. The van der Waals surface area contributed by atoms with E-state index in [1.54, 1.807) is 18.2 Å². The van der Waals surface area contributed by atoms with Crippen LogP contribution in [0.1, 0.15) is 0 Å². The van der Waals surface area contributed by atoms with Crippen LogP contribution in [0.5, 0.6) is 0 Å². The second-order valence-corrected chi connectivity index (χ2v) is 3.21. The number of anilines is 1. The van der Waals surface area contributed by atoms with E-state index in [1.807, 2.05) is 0 Å². The standard InChI is InChI=1S/C10H13N3O4/c14-7-10(15)12-6-5-11-8-3-1-2-4-9(8)13(16)17/h1-4,11,14H,5-7H2,(H,12,15). The molecule has 92 valence electrons. The third kappa shape index (κ3) is 4.07. The number of carbonyl (C=O) groups is 1. The summed E-state index contributed by atoms with van der Waals surface area (Å²) >= 11 is 0. The van der Waals surface area contributed by atoms with E-state index in [-0.39, 0.29) is 12.2 Å². The second-order valence-electron chi connectivity index (χ2n) is 3.21. The molecule has 0 saturated heterocycles. The van der Waals surface area contributed by atoms with Gasteiger partial charge in [-0.25, -0.2) is 0 Å². The number of nitrogens with zero attached hydrogens (tertiary/aromatic N) is 1. The normalized spacial score (nSPS) is 9.71. The van der Waals surface area contributed by atoms with Gasteiger partial charge in [0.15, 0.2) is 0 Å². The van der Waals surface area contributed by atoms with Crippen molar-refractivity contribution in [3.63, 3.8) is 0 Å². The number of aliphatic hydroxyl groups is 1. The number of amides is 1. The van der Waals surface area contributed by atoms with Gasteiger partial charge in [-0.2, -0.15) is 0 Å².